The zero-order valence-corrected chi connectivity index (χ0v) is 10.2. The van der Waals surface area contributed by atoms with E-state index in [9.17, 15) is 0 Å². The minimum atomic E-state index is 0.235. The lowest BCUT2D eigenvalue weighted by molar-refractivity contribution is -0.0659. The molecule has 0 radical (unpaired) electrons. The van der Waals surface area contributed by atoms with Gasteiger partial charge >= 0.3 is 0 Å². The van der Waals surface area contributed by atoms with Gasteiger partial charge < -0.3 is 10.5 Å². The first-order valence-corrected chi connectivity index (χ1v) is 6.03. The van der Waals surface area contributed by atoms with Gasteiger partial charge in [-0.15, -0.1) is 0 Å². The molecule has 2 rings (SSSR count). The van der Waals surface area contributed by atoms with Gasteiger partial charge in [0.2, 0.25) is 0 Å². The van der Waals surface area contributed by atoms with Gasteiger partial charge in [0.25, 0.3) is 0 Å². The van der Waals surface area contributed by atoms with Gasteiger partial charge in [0.15, 0.2) is 0 Å². The average molecular weight is 219 g/mol. The van der Waals surface area contributed by atoms with Crippen LogP contribution in [-0.2, 0) is 10.2 Å². The van der Waals surface area contributed by atoms with Crippen LogP contribution in [0.4, 0.5) is 0 Å². The Morgan fingerprint density at radius 3 is 2.56 bits per heavy atom. The van der Waals surface area contributed by atoms with Crippen LogP contribution >= 0.6 is 0 Å². The van der Waals surface area contributed by atoms with Gasteiger partial charge in [0.05, 0.1) is 13.2 Å². The third-order valence-corrected chi connectivity index (χ3v) is 3.55. The summed E-state index contributed by atoms with van der Waals surface area (Å²) in [6, 6.07) is 8.91. The molecule has 0 spiro atoms. The minimum Gasteiger partial charge on any atom is -0.379 e. The van der Waals surface area contributed by atoms with Crippen molar-refractivity contribution in [2.75, 3.05) is 13.2 Å². The van der Waals surface area contributed by atoms with Crippen molar-refractivity contribution in [2.24, 2.45) is 5.73 Å². The first kappa shape index (κ1) is 11.6. The average Bonchev–Trinajstić information content (AvgIpc) is 2.18. The Kier molecular flexibility index (Phi) is 3.31. The summed E-state index contributed by atoms with van der Waals surface area (Å²) < 4.78 is 5.44. The largest absolute Gasteiger partial charge is 0.379 e. The molecule has 1 aromatic rings. The molecule has 0 amide bonds. The summed E-state index contributed by atoms with van der Waals surface area (Å²) >= 11 is 0. The van der Waals surface area contributed by atoms with Crippen molar-refractivity contribution < 1.29 is 4.74 Å². The first-order valence-electron chi connectivity index (χ1n) is 6.03. The molecule has 1 aliphatic heterocycles. The minimum absolute atomic E-state index is 0.235. The molecule has 1 aliphatic rings. The molecule has 1 heterocycles. The molecule has 1 saturated heterocycles. The van der Waals surface area contributed by atoms with Gasteiger partial charge in [-0.1, -0.05) is 24.3 Å². The number of benzene rings is 1. The fourth-order valence-electron chi connectivity index (χ4n) is 2.45. The van der Waals surface area contributed by atoms with Gasteiger partial charge in [-0.25, -0.2) is 0 Å². The molecule has 1 aromatic carbocycles. The third kappa shape index (κ3) is 2.13. The van der Waals surface area contributed by atoms with Crippen LogP contribution in [0.15, 0.2) is 24.3 Å². The molecule has 2 N–H and O–H groups in total. The highest BCUT2D eigenvalue weighted by molar-refractivity contribution is 5.35. The second-order valence-corrected chi connectivity index (χ2v) is 5.10. The number of hydrogen-bond donors (Lipinski definition) is 1. The Morgan fingerprint density at radius 2 is 2.06 bits per heavy atom. The summed E-state index contributed by atoms with van der Waals surface area (Å²) in [6.07, 6.45) is 2.20. The highest BCUT2D eigenvalue weighted by atomic mass is 16.5. The molecule has 1 fully saturated rings. The zero-order valence-electron chi connectivity index (χ0n) is 10.2. The highest BCUT2D eigenvalue weighted by Gasteiger charge is 2.40. The lowest BCUT2D eigenvalue weighted by atomic mass is 9.73. The molecule has 16 heavy (non-hydrogen) atoms. The van der Waals surface area contributed by atoms with Crippen molar-refractivity contribution in [3.05, 3.63) is 35.4 Å². The molecule has 0 bridgehead atoms. The van der Waals surface area contributed by atoms with Crippen molar-refractivity contribution in [2.45, 2.75) is 38.1 Å². The van der Waals surface area contributed by atoms with E-state index in [0.717, 1.165) is 26.1 Å². The van der Waals surface area contributed by atoms with Gasteiger partial charge in [-0.3, -0.25) is 0 Å². The molecule has 1 atom stereocenters. The number of nitrogens with two attached hydrogens (primary N) is 1. The van der Waals surface area contributed by atoms with Crippen molar-refractivity contribution in [1.29, 1.82) is 0 Å². The number of aryl methyl sites for hydroxylation is 1. The molecular formula is C14H21NO. The summed E-state index contributed by atoms with van der Waals surface area (Å²) in [5.41, 5.74) is 8.91. The fraction of sp³-hybridized carbons (Fsp3) is 0.571. The Hall–Kier alpha value is -0.860. The molecular weight excluding hydrogens is 198 g/mol. The second kappa shape index (κ2) is 4.56. The fourth-order valence-corrected chi connectivity index (χ4v) is 2.45. The van der Waals surface area contributed by atoms with Crippen molar-refractivity contribution in [3.8, 4) is 0 Å². The summed E-state index contributed by atoms with van der Waals surface area (Å²) in [4.78, 5) is 0. The van der Waals surface area contributed by atoms with Crippen LogP contribution in [0.3, 0.4) is 0 Å². The van der Waals surface area contributed by atoms with Crippen LogP contribution in [0.5, 0.6) is 0 Å². The van der Waals surface area contributed by atoms with Gasteiger partial charge in [0.1, 0.15) is 0 Å². The first-order chi connectivity index (χ1) is 7.64. The van der Waals surface area contributed by atoms with Crippen LogP contribution in [0.1, 0.15) is 30.9 Å². The Morgan fingerprint density at radius 1 is 1.38 bits per heavy atom. The van der Waals surface area contributed by atoms with E-state index >= 15 is 0 Å². The molecule has 0 aliphatic carbocycles. The van der Waals surface area contributed by atoms with E-state index in [1.54, 1.807) is 0 Å². The van der Waals surface area contributed by atoms with Gasteiger partial charge in [-0.05, 0) is 37.8 Å². The molecule has 0 saturated carbocycles. The van der Waals surface area contributed by atoms with Crippen molar-refractivity contribution in [1.82, 2.24) is 0 Å². The number of hydrogen-bond acceptors (Lipinski definition) is 2. The second-order valence-electron chi connectivity index (χ2n) is 5.10. The van der Waals surface area contributed by atoms with E-state index in [-0.39, 0.29) is 11.5 Å². The van der Waals surface area contributed by atoms with Crippen LogP contribution in [-0.4, -0.2) is 19.3 Å². The van der Waals surface area contributed by atoms with Crippen LogP contribution in [0.2, 0.25) is 0 Å². The number of rotatable bonds is 4. The lowest BCUT2D eigenvalue weighted by Crippen LogP contribution is -2.47. The topological polar surface area (TPSA) is 35.2 Å². The molecule has 2 nitrogen and oxygen atoms in total. The maximum absolute atomic E-state index is 5.85. The highest BCUT2D eigenvalue weighted by Crippen LogP contribution is 2.38. The quantitative estimate of drug-likeness (QED) is 0.844. The maximum Gasteiger partial charge on any atom is 0.0585 e. The Labute approximate surface area is 97.8 Å². The summed E-state index contributed by atoms with van der Waals surface area (Å²) in [6.45, 7) is 5.96. The third-order valence-electron chi connectivity index (χ3n) is 3.55. The normalized spacial score (nSPS) is 20.2. The van der Waals surface area contributed by atoms with Crippen molar-refractivity contribution >= 4 is 0 Å². The van der Waals surface area contributed by atoms with Crippen LogP contribution < -0.4 is 5.73 Å². The predicted octanol–water partition coefficient (Wildman–Crippen LogP) is 2.39. The summed E-state index contributed by atoms with van der Waals surface area (Å²) in [5.74, 6) is 0. The van der Waals surface area contributed by atoms with E-state index < -0.39 is 0 Å². The van der Waals surface area contributed by atoms with E-state index in [0.29, 0.717) is 0 Å². The summed E-state index contributed by atoms with van der Waals surface area (Å²) in [5, 5.41) is 0. The van der Waals surface area contributed by atoms with E-state index in [4.69, 9.17) is 10.5 Å². The van der Waals surface area contributed by atoms with Crippen LogP contribution in [0, 0.1) is 6.92 Å². The van der Waals surface area contributed by atoms with E-state index in [1.165, 1.54) is 11.1 Å². The Bertz CT molecular complexity index is 356. The standard InChI is InChI=1S/C14H21NO/c1-11-5-3-4-6-13(11)14(9-16-10-14)8-7-12(2)15/h3-6,12H,7-10,15H2,1-2H3. The zero-order chi connectivity index (χ0) is 11.6. The smallest absolute Gasteiger partial charge is 0.0585 e. The van der Waals surface area contributed by atoms with Gasteiger partial charge in [0, 0.05) is 11.5 Å². The molecule has 1 unspecified atom stereocenters. The summed E-state index contributed by atoms with van der Waals surface area (Å²) in [7, 11) is 0. The predicted molar refractivity (Wildman–Crippen MR) is 66.6 cm³/mol. The van der Waals surface area contributed by atoms with Crippen molar-refractivity contribution in [3.63, 3.8) is 0 Å². The maximum atomic E-state index is 5.85. The van der Waals surface area contributed by atoms with E-state index in [1.807, 2.05) is 0 Å². The molecule has 0 aromatic heterocycles. The Balaban J connectivity index is 2.18. The molecule has 88 valence electrons. The molecule has 2 heteroatoms. The van der Waals surface area contributed by atoms with Gasteiger partial charge in [-0.2, -0.15) is 0 Å². The monoisotopic (exact) mass is 219 g/mol. The lowest BCUT2D eigenvalue weighted by Gasteiger charge is -2.43. The SMILES string of the molecule is Cc1ccccc1C1(CCC(C)N)COC1. The van der Waals surface area contributed by atoms with Crippen LogP contribution in [0.25, 0.3) is 0 Å². The van der Waals surface area contributed by atoms with E-state index in [2.05, 4.69) is 38.1 Å². The number of ether oxygens (including phenoxy) is 1.